The van der Waals surface area contributed by atoms with Gasteiger partial charge >= 0.3 is 6.18 Å². The molecule has 1 aliphatic heterocycles. The Balaban J connectivity index is 2.31. The molecule has 1 aromatic rings. The summed E-state index contributed by atoms with van der Waals surface area (Å²) in [6.45, 7) is 2.50. The fourth-order valence-corrected chi connectivity index (χ4v) is 2.66. The van der Waals surface area contributed by atoms with Gasteiger partial charge in [0.2, 0.25) is 0 Å². The van der Waals surface area contributed by atoms with Crippen LogP contribution in [0.1, 0.15) is 36.9 Å². The fourth-order valence-electron chi connectivity index (χ4n) is 2.66. The largest absolute Gasteiger partial charge is 0.416 e. The number of nitrogens with zero attached hydrogens (tertiary/aromatic N) is 1. The van der Waals surface area contributed by atoms with Crippen LogP contribution in [0.15, 0.2) is 18.5 Å². The van der Waals surface area contributed by atoms with Crippen LogP contribution in [0.5, 0.6) is 0 Å². The topological polar surface area (TPSA) is 48.1 Å². The second kappa shape index (κ2) is 5.46. The molecule has 19 heavy (non-hydrogen) atoms. The first-order chi connectivity index (χ1) is 8.95. The van der Waals surface area contributed by atoms with Gasteiger partial charge in [0.05, 0.1) is 11.7 Å². The van der Waals surface area contributed by atoms with Crippen LogP contribution >= 0.6 is 0 Å². The van der Waals surface area contributed by atoms with Gasteiger partial charge in [-0.2, -0.15) is 13.2 Å². The highest BCUT2D eigenvalue weighted by Gasteiger charge is 2.39. The monoisotopic (exact) mass is 274 g/mol. The van der Waals surface area contributed by atoms with Crippen LogP contribution in [-0.2, 0) is 10.9 Å². The van der Waals surface area contributed by atoms with E-state index >= 15 is 0 Å². The Hall–Kier alpha value is -1.14. The minimum Gasteiger partial charge on any atom is -0.378 e. The van der Waals surface area contributed by atoms with Crippen LogP contribution in [0.2, 0.25) is 0 Å². The average molecular weight is 274 g/mol. The molecule has 106 valence electrons. The molecule has 1 saturated heterocycles. The van der Waals surface area contributed by atoms with Crippen LogP contribution < -0.4 is 5.73 Å². The summed E-state index contributed by atoms with van der Waals surface area (Å²) in [7, 11) is 0. The Morgan fingerprint density at radius 1 is 1.53 bits per heavy atom. The molecule has 2 rings (SSSR count). The molecular formula is C13H17F3N2O. The Morgan fingerprint density at radius 3 is 2.89 bits per heavy atom. The summed E-state index contributed by atoms with van der Waals surface area (Å²) in [6.07, 6.45) is -0.681. The summed E-state index contributed by atoms with van der Waals surface area (Å²) >= 11 is 0. The van der Waals surface area contributed by atoms with Crippen molar-refractivity contribution in [3.63, 3.8) is 0 Å². The van der Waals surface area contributed by atoms with Gasteiger partial charge in [-0.05, 0) is 24.5 Å². The van der Waals surface area contributed by atoms with Gasteiger partial charge in [0.25, 0.3) is 0 Å². The number of hydrogen-bond donors (Lipinski definition) is 1. The van der Waals surface area contributed by atoms with Crippen molar-refractivity contribution in [3.8, 4) is 0 Å². The molecule has 0 aliphatic carbocycles. The summed E-state index contributed by atoms with van der Waals surface area (Å²) in [5.74, 6) is -0.0877. The van der Waals surface area contributed by atoms with Crippen molar-refractivity contribution in [2.45, 2.75) is 38.1 Å². The Labute approximate surface area is 110 Å². The molecule has 0 amide bonds. The lowest BCUT2D eigenvalue weighted by Gasteiger charge is -2.26. The van der Waals surface area contributed by atoms with E-state index in [0.29, 0.717) is 13.0 Å². The molecule has 1 aromatic heterocycles. The quantitative estimate of drug-likeness (QED) is 0.922. The summed E-state index contributed by atoms with van der Waals surface area (Å²) < 4.78 is 44.4. The third kappa shape index (κ3) is 2.90. The molecule has 3 unspecified atom stereocenters. The van der Waals surface area contributed by atoms with E-state index in [0.717, 1.165) is 18.7 Å². The van der Waals surface area contributed by atoms with Gasteiger partial charge in [-0.25, -0.2) is 0 Å². The number of rotatable bonds is 3. The zero-order valence-electron chi connectivity index (χ0n) is 10.7. The van der Waals surface area contributed by atoms with E-state index in [9.17, 15) is 13.2 Å². The van der Waals surface area contributed by atoms with Crippen LogP contribution in [0, 0.1) is 5.92 Å². The lowest BCUT2D eigenvalue weighted by atomic mass is 9.86. The number of pyridine rings is 1. The molecule has 1 aliphatic rings. The molecule has 0 radical (unpaired) electrons. The van der Waals surface area contributed by atoms with E-state index in [1.54, 1.807) is 0 Å². The van der Waals surface area contributed by atoms with Crippen molar-refractivity contribution in [2.24, 2.45) is 11.7 Å². The molecule has 6 heteroatoms. The first-order valence-corrected chi connectivity index (χ1v) is 6.33. The Morgan fingerprint density at radius 2 is 2.26 bits per heavy atom. The summed E-state index contributed by atoms with van der Waals surface area (Å²) in [5, 5.41) is 0. The average Bonchev–Trinajstić information content (AvgIpc) is 2.85. The highest BCUT2D eigenvalue weighted by Crippen LogP contribution is 2.39. The molecule has 3 nitrogen and oxygen atoms in total. The van der Waals surface area contributed by atoms with Crippen molar-refractivity contribution < 1.29 is 17.9 Å². The number of hydrogen-bond acceptors (Lipinski definition) is 3. The normalized spacial score (nSPS) is 25.5. The van der Waals surface area contributed by atoms with E-state index in [2.05, 4.69) is 4.98 Å². The number of ether oxygens (including phenoxy) is 1. The van der Waals surface area contributed by atoms with E-state index < -0.39 is 17.8 Å². The van der Waals surface area contributed by atoms with Gasteiger partial charge in [0.15, 0.2) is 0 Å². The van der Waals surface area contributed by atoms with Crippen molar-refractivity contribution in [3.05, 3.63) is 29.6 Å². The van der Waals surface area contributed by atoms with Crippen molar-refractivity contribution in [1.29, 1.82) is 0 Å². The molecule has 2 N–H and O–H groups in total. The SMILES string of the molecule is CCC1OCCC1C(N)c1cnccc1C(F)(F)F. The van der Waals surface area contributed by atoms with Crippen LogP contribution in [0.25, 0.3) is 0 Å². The lowest BCUT2D eigenvalue weighted by Crippen LogP contribution is -2.30. The number of halogens is 3. The molecule has 0 bridgehead atoms. The number of aromatic nitrogens is 1. The van der Waals surface area contributed by atoms with Crippen molar-refractivity contribution in [1.82, 2.24) is 4.98 Å². The lowest BCUT2D eigenvalue weighted by molar-refractivity contribution is -0.138. The highest BCUT2D eigenvalue weighted by atomic mass is 19.4. The predicted molar refractivity (Wildman–Crippen MR) is 64.3 cm³/mol. The summed E-state index contributed by atoms with van der Waals surface area (Å²) in [6, 6.07) is 0.282. The maximum atomic E-state index is 13.0. The molecular weight excluding hydrogens is 257 g/mol. The second-order valence-electron chi connectivity index (χ2n) is 4.76. The van der Waals surface area contributed by atoms with Crippen molar-refractivity contribution >= 4 is 0 Å². The smallest absolute Gasteiger partial charge is 0.378 e. The minimum atomic E-state index is -4.41. The van der Waals surface area contributed by atoms with Crippen molar-refractivity contribution in [2.75, 3.05) is 6.61 Å². The molecule has 0 saturated carbocycles. The highest BCUT2D eigenvalue weighted by molar-refractivity contribution is 5.30. The number of alkyl halides is 3. The van der Waals surface area contributed by atoms with E-state index in [1.165, 1.54) is 6.20 Å². The van der Waals surface area contributed by atoms with E-state index in [4.69, 9.17) is 10.5 Å². The molecule has 1 fully saturated rings. The minimum absolute atomic E-state index is 0.0592. The van der Waals surface area contributed by atoms with E-state index in [1.807, 2.05) is 6.92 Å². The first-order valence-electron chi connectivity index (χ1n) is 6.33. The zero-order chi connectivity index (χ0) is 14.0. The molecule has 0 aromatic carbocycles. The summed E-state index contributed by atoms with van der Waals surface area (Å²) in [5.41, 5.74) is 5.41. The predicted octanol–water partition coefficient (Wildman–Crippen LogP) is 2.92. The van der Waals surface area contributed by atoms with Gasteiger partial charge in [-0.15, -0.1) is 0 Å². The fraction of sp³-hybridized carbons (Fsp3) is 0.615. The number of nitrogens with two attached hydrogens (primary N) is 1. The summed E-state index contributed by atoms with van der Waals surface area (Å²) in [4.78, 5) is 3.78. The van der Waals surface area contributed by atoms with Crippen LogP contribution in [0.4, 0.5) is 13.2 Å². The third-order valence-electron chi connectivity index (χ3n) is 3.64. The van der Waals surface area contributed by atoms with Gasteiger partial charge in [0.1, 0.15) is 0 Å². The molecule has 3 atom stereocenters. The van der Waals surface area contributed by atoms with Crippen LogP contribution in [0.3, 0.4) is 0 Å². The maximum Gasteiger partial charge on any atom is 0.416 e. The third-order valence-corrected chi connectivity index (χ3v) is 3.64. The second-order valence-corrected chi connectivity index (χ2v) is 4.76. The first kappa shape index (κ1) is 14.3. The molecule has 0 spiro atoms. The maximum absolute atomic E-state index is 13.0. The van der Waals surface area contributed by atoms with Gasteiger partial charge in [0, 0.05) is 31.0 Å². The van der Waals surface area contributed by atoms with Gasteiger partial charge < -0.3 is 10.5 Å². The zero-order valence-corrected chi connectivity index (χ0v) is 10.7. The van der Waals surface area contributed by atoms with E-state index in [-0.39, 0.29) is 17.6 Å². The standard InChI is InChI=1S/C13H17F3N2O/c1-2-11-8(4-6-19-11)12(17)9-7-18-5-3-10(9)13(14,15)16/h3,5,7-8,11-12H,2,4,6,17H2,1H3. The Kier molecular flexibility index (Phi) is 4.10. The van der Waals surface area contributed by atoms with Crippen LogP contribution in [-0.4, -0.2) is 17.7 Å². The van der Waals surface area contributed by atoms with Gasteiger partial charge in [-0.3, -0.25) is 4.98 Å². The van der Waals surface area contributed by atoms with Gasteiger partial charge in [-0.1, -0.05) is 6.92 Å². The molecule has 2 heterocycles. The Bertz CT molecular complexity index is 436.